The Morgan fingerprint density at radius 3 is 2.50 bits per heavy atom. The van der Waals surface area contributed by atoms with Crippen molar-refractivity contribution in [3.8, 4) is 0 Å². The molecule has 0 aliphatic rings. The monoisotopic (exact) mass is 329 g/mol. The number of halogens is 1. The summed E-state index contributed by atoms with van der Waals surface area (Å²) in [5.74, 6) is 0. The van der Waals surface area contributed by atoms with Crippen LogP contribution in [0.1, 0.15) is 25.8 Å². The Morgan fingerprint density at radius 1 is 1.50 bits per heavy atom. The van der Waals surface area contributed by atoms with Crippen LogP contribution in [0.2, 0.25) is 5.71 Å². The molecule has 0 saturated heterocycles. The summed E-state index contributed by atoms with van der Waals surface area (Å²) in [7, 11) is 0. The fourth-order valence-electron chi connectivity index (χ4n) is 1.78. The molecule has 0 saturated carbocycles. The summed E-state index contributed by atoms with van der Waals surface area (Å²) in [6.45, 7) is 8.02. The molecule has 99 valence electrons. The van der Waals surface area contributed by atoms with Gasteiger partial charge >= 0.3 is 119 Å². The van der Waals surface area contributed by atoms with E-state index >= 15 is 0 Å². The van der Waals surface area contributed by atoms with Crippen molar-refractivity contribution >= 4 is 31.0 Å². The molecule has 3 unspecified atom stereocenters. The average molecular weight is 330 g/mol. The summed E-state index contributed by atoms with van der Waals surface area (Å²) in [4.78, 5) is 12.1. The first-order valence-corrected chi connectivity index (χ1v) is 10.1. The van der Waals surface area contributed by atoms with Crippen molar-refractivity contribution in [2.75, 3.05) is 0 Å². The molecule has 1 aromatic rings. The van der Waals surface area contributed by atoms with Crippen molar-refractivity contribution in [1.82, 2.24) is 0 Å². The van der Waals surface area contributed by atoms with Gasteiger partial charge in [-0.1, -0.05) is 0 Å². The van der Waals surface area contributed by atoms with E-state index in [0.717, 1.165) is 12.0 Å². The Bertz CT molecular complexity index is 394. The summed E-state index contributed by atoms with van der Waals surface area (Å²) < 4.78 is 4.64. The Morgan fingerprint density at radius 2 is 2.06 bits per heavy atom. The number of rotatable bonds is 5. The molecule has 0 heterocycles. The summed E-state index contributed by atoms with van der Waals surface area (Å²) >= 11 is 3.77. The third kappa shape index (κ3) is 3.52. The molecule has 0 bridgehead atoms. The number of carbonyl (C=O) groups is 1. The van der Waals surface area contributed by atoms with Gasteiger partial charge in [0.1, 0.15) is 0 Å². The quantitative estimate of drug-likeness (QED) is 0.599. The molecule has 0 fully saturated rings. The third-order valence-electron chi connectivity index (χ3n) is 3.08. The summed E-state index contributed by atoms with van der Waals surface area (Å²) in [5, 5.41) is 0. The average Bonchev–Trinajstić information content (AvgIpc) is 2.37. The van der Waals surface area contributed by atoms with Crippen molar-refractivity contribution < 1.29 is 9.53 Å². The minimum absolute atomic E-state index is 0.161. The van der Waals surface area contributed by atoms with E-state index in [0.29, 0.717) is 0 Å². The Labute approximate surface area is 119 Å². The third-order valence-corrected chi connectivity index (χ3v) is 8.43. The first-order chi connectivity index (χ1) is 8.41. The fourth-order valence-corrected chi connectivity index (χ4v) is 5.51. The minimum atomic E-state index is -1.94. The van der Waals surface area contributed by atoms with E-state index in [1.807, 2.05) is 36.0 Å². The molecule has 18 heavy (non-hydrogen) atoms. The summed E-state index contributed by atoms with van der Waals surface area (Å²) in [6.07, 6.45) is 0.819. The van der Waals surface area contributed by atoms with Crippen molar-refractivity contribution in [3.05, 3.63) is 42.8 Å². The van der Waals surface area contributed by atoms with Crippen LogP contribution in [-0.2, 0) is 8.94 Å². The van der Waals surface area contributed by atoms with Crippen LogP contribution < -0.4 is 0 Å². The van der Waals surface area contributed by atoms with E-state index in [4.69, 9.17) is 16.3 Å². The Hall–Kier alpha value is -0.462. The second kappa shape index (κ2) is 6.63. The van der Waals surface area contributed by atoms with Crippen LogP contribution in [0.4, 0.5) is 4.79 Å². The van der Waals surface area contributed by atoms with Gasteiger partial charge in [-0.2, -0.15) is 0 Å². The Balaban J connectivity index is 2.98. The molecule has 0 aromatic heterocycles. The van der Waals surface area contributed by atoms with E-state index in [9.17, 15) is 4.79 Å². The first-order valence-electron chi connectivity index (χ1n) is 5.91. The Kier molecular flexibility index (Phi) is 5.75. The van der Waals surface area contributed by atoms with Gasteiger partial charge in [0, 0.05) is 0 Å². The molecule has 4 heteroatoms. The SMILES string of the molecule is [CH2]C(CC)(c1ccccc1)[As](C)C(=O)OC(C)Cl. The van der Waals surface area contributed by atoms with E-state index in [2.05, 4.69) is 13.8 Å². The first kappa shape index (κ1) is 15.6. The van der Waals surface area contributed by atoms with Gasteiger partial charge in [0.05, 0.1) is 0 Å². The molecule has 0 aliphatic carbocycles. The van der Waals surface area contributed by atoms with Crippen LogP contribution in [0.15, 0.2) is 30.3 Å². The van der Waals surface area contributed by atoms with Crippen molar-refractivity contribution in [2.45, 2.75) is 35.7 Å². The summed E-state index contributed by atoms with van der Waals surface area (Å²) in [5.41, 5.74) is 2.51. The van der Waals surface area contributed by atoms with Gasteiger partial charge in [-0.15, -0.1) is 0 Å². The van der Waals surface area contributed by atoms with E-state index in [1.165, 1.54) is 0 Å². The zero-order valence-electron chi connectivity index (χ0n) is 11.0. The van der Waals surface area contributed by atoms with Crippen LogP contribution in [0.25, 0.3) is 0 Å². The number of carbonyl (C=O) groups excluding carboxylic acids is 1. The van der Waals surface area contributed by atoms with Gasteiger partial charge in [-0.25, -0.2) is 0 Å². The number of benzene rings is 1. The standard InChI is InChI=1S/C14H19AsClO2/c1-5-14(3,12-9-7-6-8-10-12)15(4)13(17)18-11(2)16/h6-11H,3,5H2,1-2,4H3. The second-order valence-corrected chi connectivity index (χ2v) is 9.76. The van der Waals surface area contributed by atoms with E-state index in [1.54, 1.807) is 6.92 Å². The van der Waals surface area contributed by atoms with Gasteiger partial charge in [0.25, 0.3) is 0 Å². The predicted molar refractivity (Wildman–Crippen MR) is 77.2 cm³/mol. The molecule has 0 amide bonds. The van der Waals surface area contributed by atoms with Crippen LogP contribution >= 0.6 is 11.6 Å². The zero-order valence-corrected chi connectivity index (χ0v) is 13.7. The molecule has 0 spiro atoms. The van der Waals surface area contributed by atoms with Crippen molar-refractivity contribution in [2.24, 2.45) is 0 Å². The van der Waals surface area contributed by atoms with Crippen molar-refractivity contribution in [3.63, 3.8) is 0 Å². The number of ether oxygens (including phenoxy) is 1. The van der Waals surface area contributed by atoms with Gasteiger partial charge in [-0.05, 0) is 0 Å². The van der Waals surface area contributed by atoms with Gasteiger partial charge in [0.2, 0.25) is 0 Å². The number of hydrogen-bond acceptors (Lipinski definition) is 2. The molecule has 0 aliphatic heterocycles. The normalized spacial score (nSPS) is 17.6. The molecule has 2 nitrogen and oxygen atoms in total. The van der Waals surface area contributed by atoms with E-state index < -0.39 is 20.2 Å². The van der Waals surface area contributed by atoms with Crippen LogP contribution in [0.3, 0.4) is 0 Å². The number of alkyl halides is 1. The zero-order chi connectivity index (χ0) is 13.8. The van der Waals surface area contributed by atoms with Crippen LogP contribution in [0, 0.1) is 6.92 Å². The molecule has 1 rings (SSSR count). The maximum absolute atomic E-state index is 12.1. The summed E-state index contributed by atoms with van der Waals surface area (Å²) in [6, 6.07) is 9.97. The molecular formula is C14H19AsClO2. The van der Waals surface area contributed by atoms with Gasteiger partial charge < -0.3 is 0 Å². The van der Waals surface area contributed by atoms with Gasteiger partial charge in [-0.3, -0.25) is 0 Å². The van der Waals surface area contributed by atoms with Crippen LogP contribution in [0.5, 0.6) is 0 Å². The predicted octanol–water partition coefficient (Wildman–Crippen LogP) is 4.14. The van der Waals surface area contributed by atoms with Crippen LogP contribution in [-0.4, -0.2) is 25.0 Å². The molecule has 3 atom stereocenters. The molecule has 0 N–H and O–H groups in total. The molecular weight excluding hydrogens is 311 g/mol. The maximum atomic E-state index is 12.1. The molecule has 1 radical (unpaired) electrons. The number of hydrogen-bond donors (Lipinski definition) is 0. The molecule has 1 aromatic carbocycles. The van der Waals surface area contributed by atoms with E-state index in [-0.39, 0.29) is 8.96 Å². The second-order valence-electron chi connectivity index (χ2n) is 4.24. The van der Waals surface area contributed by atoms with Gasteiger partial charge in [0.15, 0.2) is 0 Å². The topological polar surface area (TPSA) is 26.3 Å². The fraction of sp³-hybridized carbons (Fsp3) is 0.429. The van der Waals surface area contributed by atoms with Crippen molar-refractivity contribution in [1.29, 1.82) is 0 Å².